The van der Waals surface area contributed by atoms with E-state index in [2.05, 4.69) is 4.98 Å². The number of rotatable bonds is 9. The molecule has 0 amide bonds. The van der Waals surface area contributed by atoms with E-state index in [9.17, 15) is 14.7 Å². The minimum absolute atomic E-state index is 0.0212. The Hall–Kier alpha value is -4.47. The lowest BCUT2D eigenvalue weighted by molar-refractivity contribution is 0.0990. The molecule has 0 spiro atoms. The minimum Gasteiger partial charge on any atom is -0.497 e. The van der Waals surface area contributed by atoms with Crippen LogP contribution in [0.4, 0.5) is 4.39 Å². The molecule has 2 heterocycles. The Bertz CT molecular complexity index is 1830. The maximum atomic E-state index is 15.2. The van der Waals surface area contributed by atoms with Crippen LogP contribution in [0.15, 0.2) is 77.7 Å². The highest BCUT2D eigenvalue weighted by atomic mass is 35.5. The number of ether oxygens (including phenoxy) is 2. The van der Waals surface area contributed by atoms with Gasteiger partial charge in [-0.2, -0.15) is 0 Å². The van der Waals surface area contributed by atoms with Crippen molar-refractivity contribution in [2.75, 3.05) is 7.11 Å². The zero-order valence-corrected chi connectivity index (χ0v) is 23.4. The molecule has 0 fully saturated rings. The molecule has 10 heteroatoms. The number of aliphatic hydroxyl groups excluding tert-OH is 1. The molecular formula is C31H27ClFN3O5. The smallest absolute Gasteiger partial charge is 0.282 e. The topological polar surface area (TPSA) is 95.6 Å². The van der Waals surface area contributed by atoms with Gasteiger partial charge < -0.3 is 14.6 Å². The van der Waals surface area contributed by atoms with Gasteiger partial charge in [-0.3, -0.25) is 19.3 Å². The second-order valence-electron chi connectivity index (χ2n) is 9.65. The number of nitrogens with zero attached hydrogens (tertiary/aromatic N) is 3. The molecule has 41 heavy (non-hydrogen) atoms. The largest absolute Gasteiger partial charge is 0.497 e. The molecule has 2 aromatic heterocycles. The van der Waals surface area contributed by atoms with Gasteiger partial charge in [-0.25, -0.2) is 9.07 Å². The molecule has 3 aromatic carbocycles. The summed E-state index contributed by atoms with van der Waals surface area (Å²) in [6.07, 6.45) is 0.569. The Morgan fingerprint density at radius 2 is 1.90 bits per heavy atom. The lowest BCUT2D eigenvalue weighted by Crippen LogP contribution is -2.26. The second-order valence-corrected chi connectivity index (χ2v) is 10.1. The van der Waals surface area contributed by atoms with E-state index in [0.717, 1.165) is 0 Å². The number of fused-ring (bicyclic) bond motifs is 1. The van der Waals surface area contributed by atoms with Crippen molar-refractivity contribution >= 4 is 28.3 Å². The number of Topliss-reactive ketones (excluding diaryl/α,β-unsaturated/α-hetero) is 1. The Labute approximate surface area is 240 Å². The van der Waals surface area contributed by atoms with E-state index in [4.69, 9.17) is 21.1 Å². The van der Waals surface area contributed by atoms with Crippen molar-refractivity contribution in [3.63, 3.8) is 0 Å². The molecule has 5 aromatic rings. The zero-order valence-electron chi connectivity index (χ0n) is 22.6. The quantitative estimate of drug-likeness (QED) is 0.220. The molecule has 0 aliphatic carbocycles. The van der Waals surface area contributed by atoms with Crippen LogP contribution in [0.5, 0.6) is 17.2 Å². The van der Waals surface area contributed by atoms with Crippen molar-refractivity contribution in [2.45, 2.75) is 32.9 Å². The van der Waals surface area contributed by atoms with Crippen LogP contribution in [-0.2, 0) is 13.0 Å². The Morgan fingerprint density at radius 1 is 1.10 bits per heavy atom. The van der Waals surface area contributed by atoms with E-state index in [1.165, 1.54) is 16.8 Å². The van der Waals surface area contributed by atoms with Gasteiger partial charge in [0.15, 0.2) is 17.3 Å². The first kappa shape index (κ1) is 28.1. The Morgan fingerprint density at radius 3 is 2.61 bits per heavy atom. The number of carbonyl (C=O) groups is 1. The third kappa shape index (κ3) is 5.73. The second kappa shape index (κ2) is 11.6. The molecule has 1 atom stereocenters. The Kier molecular flexibility index (Phi) is 7.92. The molecule has 0 saturated heterocycles. The molecule has 210 valence electrons. The van der Waals surface area contributed by atoms with Gasteiger partial charge in [-0.05, 0) is 67.9 Å². The molecule has 1 N–H and O–H groups in total. The molecule has 0 aliphatic rings. The van der Waals surface area contributed by atoms with E-state index in [1.54, 1.807) is 86.4 Å². The van der Waals surface area contributed by atoms with E-state index >= 15 is 4.39 Å². The van der Waals surface area contributed by atoms with Crippen LogP contribution in [-0.4, -0.2) is 38.5 Å². The van der Waals surface area contributed by atoms with Gasteiger partial charge in [0.25, 0.3) is 5.56 Å². The number of ketones is 1. The molecule has 5 rings (SSSR count). The molecule has 0 aliphatic heterocycles. The SMILES string of the molecule is COc1ccc2c(Oc3ccc(CC(=O)c4c(C)n(C[C@@H](C)O)n(-c5cccc(Cl)c5)c4=O)cc3F)ccnc2c1. The van der Waals surface area contributed by atoms with Gasteiger partial charge in [0, 0.05) is 34.8 Å². The Balaban J connectivity index is 1.43. The zero-order chi connectivity index (χ0) is 29.3. The number of pyridine rings is 1. The normalized spacial score (nSPS) is 12.0. The van der Waals surface area contributed by atoms with Crippen LogP contribution in [0.3, 0.4) is 0 Å². The fourth-order valence-electron chi connectivity index (χ4n) is 4.75. The fraction of sp³-hybridized carbons (Fsp3) is 0.194. The van der Waals surface area contributed by atoms with Crippen molar-refractivity contribution in [3.8, 4) is 22.9 Å². The average molecular weight is 576 g/mol. The van der Waals surface area contributed by atoms with Crippen molar-refractivity contribution in [1.29, 1.82) is 0 Å². The first-order valence-corrected chi connectivity index (χ1v) is 13.2. The molecule has 0 bridgehead atoms. The molecule has 0 unspecified atom stereocenters. The van der Waals surface area contributed by atoms with Gasteiger partial charge in [-0.15, -0.1) is 0 Å². The first-order chi connectivity index (χ1) is 19.7. The third-order valence-electron chi connectivity index (χ3n) is 6.66. The monoisotopic (exact) mass is 575 g/mol. The van der Waals surface area contributed by atoms with Crippen LogP contribution in [0.25, 0.3) is 16.6 Å². The van der Waals surface area contributed by atoms with Crippen LogP contribution < -0.4 is 15.0 Å². The highest BCUT2D eigenvalue weighted by Crippen LogP contribution is 2.32. The number of benzene rings is 3. The van der Waals surface area contributed by atoms with E-state index in [0.29, 0.717) is 44.4 Å². The predicted molar refractivity (Wildman–Crippen MR) is 154 cm³/mol. The summed E-state index contributed by atoms with van der Waals surface area (Å²) in [6, 6.07) is 17.8. The highest BCUT2D eigenvalue weighted by Gasteiger charge is 2.25. The lowest BCUT2D eigenvalue weighted by Gasteiger charge is -2.15. The number of aliphatic hydroxyl groups is 1. The van der Waals surface area contributed by atoms with E-state index in [-0.39, 0.29) is 24.3 Å². The van der Waals surface area contributed by atoms with Gasteiger partial charge in [0.05, 0.1) is 31.0 Å². The van der Waals surface area contributed by atoms with Crippen molar-refractivity contribution in [3.05, 3.63) is 111 Å². The fourth-order valence-corrected chi connectivity index (χ4v) is 4.94. The van der Waals surface area contributed by atoms with Crippen LogP contribution in [0, 0.1) is 12.7 Å². The standard InChI is InChI=1S/C31H27ClFN3O5/c1-18(37)17-35-19(2)30(31(39)36(35)22-6-4-5-21(32)15-22)27(38)14-20-7-10-29(25(33)13-20)41-28-11-12-34-26-16-23(40-3)8-9-24(26)28/h4-13,15-16,18,37H,14,17H2,1-3H3/t18-/m1/s1. The summed E-state index contributed by atoms with van der Waals surface area (Å²) in [5.74, 6) is -0.106. The summed E-state index contributed by atoms with van der Waals surface area (Å²) in [5.41, 5.74) is 1.27. The maximum absolute atomic E-state index is 15.2. The number of hydrogen-bond donors (Lipinski definition) is 1. The van der Waals surface area contributed by atoms with Crippen LogP contribution in [0.1, 0.15) is 28.5 Å². The first-order valence-electron chi connectivity index (χ1n) is 12.8. The number of aromatic nitrogens is 3. The van der Waals surface area contributed by atoms with Gasteiger partial charge in [0.1, 0.15) is 17.1 Å². The lowest BCUT2D eigenvalue weighted by atomic mass is 10.0. The molecule has 0 saturated carbocycles. The highest BCUT2D eigenvalue weighted by molar-refractivity contribution is 6.30. The van der Waals surface area contributed by atoms with Gasteiger partial charge >= 0.3 is 0 Å². The van der Waals surface area contributed by atoms with Crippen LogP contribution in [0.2, 0.25) is 5.02 Å². The summed E-state index contributed by atoms with van der Waals surface area (Å²) in [6.45, 7) is 3.31. The number of hydrogen-bond acceptors (Lipinski definition) is 6. The summed E-state index contributed by atoms with van der Waals surface area (Å²) < 4.78 is 29.1. The van der Waals surface area contributed by atoms with E-state index < -0.39 is 23.3 Å². The molecular weight excluding hydrogens is 549 g/mol. The van der Waals surface area contributed by atoms with Crippen molar-refractivity contribution < 1.29 is 23.8 Å². The molecule has 0 radical (unpaired) electrons. The van der Waals surface area contributed by atoms with Crippen LogP contribution >= 0.6 is 11.6 Å². The summed E-state index contributed by atoms with van der Waals surface area (Å²) in [4.78, 5) is 31.2. The van der Waals surface area contributed by atoms with E-state index in [1.807, 2.05) is 0 Å². The average Bonchev–Trinajstić information content (AvgIpc) is 3.18. The van der Waals surface area contributed by atoms with Gasteiger partial charge in [0.2, 0.25) is 0 Å². The maximum Gasteiger partial charge on any atom is 0.282 e. The van der Waals surface area contributed by atoms with Crippen molar-refractivity contribution in [1.82, 2.24) is 14.3 Å². The number of methoxy groups -OCH3 is 1. The number of carbonyl (C=O) groups excluding carboxylic acids is 1. The minimum atomic E-state index is -0.782. The predicted octanol–water partition coefficient (Wildman–Crippen LogP) is 5.90. The summed E-state index contributed by atoms with van der Waals surface area (Å²) >= 11 is 6.15. The summed E-state index contributed by atoms with van der Waals surface area (Å²) in [7, 11) is 1.56. The number of halogens is 2. The summed E-state index contributed by atoms with van der Waals surface area (Å²) in [5, 5.41) is 11.2. The van der Waals surface area contributed by atoms with Crippen molar-refractivity contribution in [2.24, 2.45) is 0 Å². The molecule has 8 nitrogen and oxygen atoms in total. The third-order valence-corrected chi connectivity index (χ3v) is 6.89. The van der Waals surface area contributed by atoms with Gasteiger partial charge in [-0.1, -0.05) is 23.7 Å².